The highest BCUT2D eigenvalue weighted by Crippen LogP contribution is 1.42. The topological polar surface area (TPSA) is 61.5 Å². The Kier molecular flexibility index (Phi) is 0.196. The maximum Gasteiger partial charge on any atom is 0.361 e. The predicted molar refractivity (Wildman–Crippen MR) is 19.2 cm³/mol. The van der Waals surface area contributed by atoms with Crippen LogP contribution in [0.25, 0.3) is 0 Å². The second kappa shape index (κ2) is 0.965. The maximum absolute atomic E-state index is 10.3. The minimum Gasteiger partial charge on any atom is -0.286 e. The lowest BCUT2D eigenvalue weighted by molar-refractivity contribution is 1.05. The van der Waals surface area contributed by atoms with Crippen LogP contribution in [0, 0.1) is 0 Å². The van der Waals surface area contributed by atoms with Crippen molar-refractivity contribution in [1.82, 2.24) is 15.2 Å². The van der Waals surface area contributed by atoms with Gasteiger partial charge in [-0.1, -0.05) is 0 Å². The van der Waals surface area contributed by atoms with E-state index in [1.807, 2.05) is 0 Å². The van der Waals surface area contributed by atoms with Gasteiger partial charge in [0, 0.05) is 0 Å². The third-order valence-corrected chi connectivity index (χ3v) is 0.326. The SMILES string of the molecule is [2H]c1nc(=O)n([2H])n1[2H]. The van der Waals surface area contributed by atoms with Gasteiger partial charge in [-0.25, -0.2) is 9.89 Å². The monoisotopic (exact) mass is 88.0 g/mol. The van der Waals surface area contributed by atoms with Gasteiger partial charge in [0.05, 0.1) is 0 Å². The molecular weight excluding hydrogens is 82.0 g/mol. The lowest BCUT2D eigenvalue weighted by Gasteiger charge is -1.52. The number of nitrogens with zero attached hydrogens (tertiary/aromatic N) is 1. The van der Waals surface area contributed by atoms with Crippen LogP contribution in [0.3, 0.4) is 0 Å². The van der Waals surface area contributed by atoms with Gasteiger partial charge in [0.2, 0.25) is 0 Å². The Balaban J connectivity index is 3.47. The third kappa shape index (κ3) is 0.314. The van der Waals surface area contributed by atoms with Crippen LogP contribution in [0.4, 0.5) is 0 Å². The molecule has 4 nitrogen and oxygen atoms in total. The highest BCUT2D eigenvalue weighted by molar-refractivity contribution is 4.48. The van der Waals surface area contributed by atoms with E-state index in [2.05, 4.69) is 4.98 Å². The second-order valence-electron chi connectivity index (χ2n) is 0.694. The third-order valence-electron chi connectivity index (χ3n) is 0.326. The zero-order valence-corrected chi connectivity index (χ0v) is 2.75. The molecule has 0 aliphatic carbocycles. The molecule has 0 aliphatic rings. The maximum atomic E-state index is 10.3. The summed E-state index contributed by atoms with van der Waals surface area (Å²) in [5.41, 5.74) is -0.907. The summed E-state index contributed by atoms with van der Waals surface area (Å²) >= 11 is 0. The molecule has 1 aromatic heterocycles. The average Bonchev–Trinajstić information content (AvgIpc) is 1.98. The van der Waals surface area contributed by atoms with Crippen molar-refractivity contribution < 1.29 is 4.19 Å². The minimum atomic E-state index is -0.907. The summed E-state index contributed by atoms with van der Waals surface area (Å²) in [7, 11) is 0. The summed E-state index contributed by atoms with van der Waals surface area (Å²) < 4.78 is 20.1. The van der Waals surface area contributed by atoms with Crippen molar-refractivity contribution in [2.45, 2.75) is 0 Å². The second-order valence-corrected chi connectivity index (χ2v) is 0.694. The molecule has 32 valence electrons. The van der Waals surface area contributed by atoms with Gasteiger partial charge in [-0.2, -0.15) is 4.98 Å². The summed E-state index contributed by atoms with van der Waals surface area (Å²) in [6, 6.07) is 0. The number of rotatable bonds is 0. The van der Waals surface area contributed by atoms with E-state index >= 15 is 0 Å². The molecule has 6 heavy (non-hydrogen) atoms. The fourth-order valence-electron chi connectivity index (χ4n) is 0.153. The van der Waals surface area contributed by atoms with Crippen molar-refractivity contribution in [2.75, 3.05) is 0 Å². The zero-order chi connectivity index (χ0) is 7.02. The number of nitrogens with one attached hydrogen (secondary N) is 2. The number of hydrogen-bond donors (Lipinski definition) is 2. The highest BCUT2D eigenvalue weighted by atomic mass is 16.1. The first kappa shape index (κ1) is 1.22. The van der Waals surface area contributed by atoms with Gasteiger partial charge in [0.25, 0.3) is 0 Å². The molecule has 0 aliphatic heterocycles. The Labute approximate surface area is 37.5 Å². The fraction of sp³-hybridized carbons (Fsp3) is 0. The van der Waals surface area contributed by atoms with Crippen LogP contribution in [0.5, 0.6) is 0 Å². The molecule has 0 bridgehead atoms. The van der Waals surface area contributed by atoms with E-state index in [1.165, 1.54) is 0 Å². The van der Waals surface area contributed by atoms with E-state index in [4.69, 9.17) is 4.19 Å². The molecule has 0 radical (unpaired) electrons. The zero-order valence-electron chi connectivity index (χ0n) is 5.75. The van der Waals surface area contributed by atoms with Gasteiger partial charge in [-0.05, 0) is 0 Å². The van der Waals surface area contributed by atoms with Gasteiger partial charge in [-0.3, -0.25) is 5.09 Å². The highest BCUT2D eigenvalue weighted by Gasteiger charge is 1.71. The number of hydrogen-bond acceptors (Lipinski definition) is 2. The van der Waals surface area contributed by atoms with E-state index in [9.17, 15) is 4.79 Å². The Morgan fingerprint density at radius 2 is 3.17 bits per heavy atom. The Morgan fingerprint density at radius 3 is 3.33 bits per heavy atom. The molecule has 0 atom stereocenters. The molecule has 1 heterocycles. The quantitative estimate of drug-likeness (QED) is 0.431. The van der Waals surface area contributed by atoms with Gasteiger partial charge >= 0.3 is 5.69 Å². The number of aromatic amines is 2. The standard InChI is InChI=1S/C2H3N3O/c6-2-3-1-4-5-2/h1H,(H2,3,4,5,6)/i1D/hD2. The molecule has 4 heteroatoms. The van der Waals surface area contributed by atoms with E-state index in [1.54, 1.807) is 0 Å². The van der Waals surface area contributed by atoms with Gasteiger partial charge in [-0.15, -0.1) is 0 Å². The summed E-state index contributed by atoms with van der Waals surface area (Å²) in [5.74, 6) is 0. The van der Waals surface area contributed by atoms with E-state index in [0.29, 0.717) is 0 Å². The first-order valence-electron chi connectivity index (χ1n) is 2.69. The summed E-state index contributed by atoms with van der Waals surface area (Å²) in [6.45, 7) is 0. The molecule has 0 saturated carbocycles. The van der Waals surface area contributed by atoms with E-state index < -0.39 is 12.0 Å². The van der Waals surface area contributed by atoms with Crippen molar-refractivity contribution in [2.24, 2.45) is 0 Å². The van der Waals surface area contributed by atoms with Crippen LogP contribution in [0.2, 0.25) is 2.82 Å². The molecule has 1 aromatic rings. The normalized spacial score (nSPS) is 15.7. The molecule has 0 spiro atoms. The molecule has 0 fully saturated rings. The van der Waals surface area contributed by atoms with Gasteiger partial charge < -0.3 is 0 Å². The largest absolute Gasteiger partial charge is 0.361 e. The molecule has 0 unspecified atom stereocenters. The van der Waals surface area contributed by atoms with Crippen molar-refractivity contribution in [1.29, 1.82) is 0 Å². The van der Waals surface area contributed by atoms with Gasteiger partial charge in [0.1, 0.15) is 7.67 Å². The molecule has 0 saturated heterocycles. The predicted octanol–water partition coefficient (Wildman–Crippen LogP) is -0.902. The summed E-state index contributed by atoms with van der Waals surface area (Å²) in [4.78, 5) is 13.2. The Hall–Kier alpha value is -1.06. The van der Waals surface area contributed by atoms with Crippen LogP contribution in [0.15, 0.2) is 11.1 Å². The first-order chi connectivity index (χ1) is 4.13. The summed E-state index contributed by atoms with van der Waals surface area (Å²) in [5, 5.41) is 0.463. The lowest BCUT2D eigenvalue weighted by Crippen LogP contribution is -1.99. The van der Waals surface area contributed by atoms with Crippen LogP contribution >= 0.6 is 0 Å². The van der Waals surface area contributed by atoms with Crippen LogP contribution in [-0.2, 0) is 0 Å². The van der Waals surface area contributed by atoms with Crippen molar-refractivity contribution >= 4 is 0 Å². The minimum absolute atomic E-state index is 0.183. The van der Waals surface area contributed by atoms with Crippen LogP contribution in [0.1, 0.15) is 1.37 Å². The fourth-order valence-corrected chi connectivity index (χ4v) is 0.153. The first-order valence-corrected chi connectivity index (χ1v) is 1.30. The van der Waals surface area contributed by atoms with Gasteiger partial charge in [0.15, 0.2) is 2.82 Å². The Bertz CT molecular complexity index is 275. The summed E-state index contributed by atoms with van der Waals surface area (Å²) in [6.07, 6.45) is -0.532. The van der Waals surface area contributed by atoms with Crippen molar-refractivity contribution in [3.05, 3.63) is 16.8 Å². The van der Waals surface area contributed by atoms with Crippen LogP contribution < -0.4 is 5.69 Å². The van der Waals surface area contributed by atoms with E-state index in [-0.39, 0.29) is 10.2 Å². The molecular formula is C2H3N3O. The average molecular weight is 88.1 g/mol. The lowest BCUT2D eigenvalue weighted by atomic mass is 11.3. The Morgan fingerprint density at radius 1 is 2.33 bits per heavy atom. The number of aromatic nitrogens is 3. The van der Waals surface area contributed by atoms with Crippen molar-refractivity contribution in [3.8, 4) is 0 Å². The number of H-pyrrole nitrogens is 2. The van der Waals surface area contributed by atoms with E-state index in [0.717, 1.165) is 0 Å². The van der Waals surface area contributed by atoms with Crippen LogP contribution in [-0.4, -0.2) is 15.2 Å². The molecule has 1 rings (SSSR count). The van der Waals surface area contributed by atoms with Crippen molar-refractivity contribution in [3.63, 3.8) is 0 Å². The molecule has 0 amide bonds. The molecule has 2 N–H and O–H groups in total. The molecule has 0 aromatic carbocycles. The smallest absolute Gasteiger partial charge is 0.286 e.